The lowest BCUT2D eigenvalue weighted by Crippen LogP contribution is -2.42. The zero-order valence-corrected chi connectivity index (χ0v) is 21.0. The number of nitrogens with zero attached hydrogens (tertiary/aromatic N) is 4. The minimum atomic E-state index is -1.65. The van der Waals surface area contributed by atoms with Crippen molar-refractivity contribution in [3.63, 3.8) is 0 Å². The molecule has 0 aliphatic heterocycles. The average molecular weight is 508 g/mol. The van der Waals surface area contributed by atoms with Crippen LogP contribution in [0.3, 0.4) is 0 Å². The molecule has 0 spiro atoms. The molecule has 0 bridgehead atoms. The molecule has 1 unspecified atom stereocenters. The SMILES string of the molecule is CC(=O)N[C@@H]1CC[C@H](Nc2cc(-c3ccc4cc(C#N)cnn34)ncc2C(=O)NCC(F)C(C)(C)O)C1. The van der Waals surface area contributed by atoms with Crippen LogP contribution in [-0.2, 0) is 4.79 Å². The van der Waals surface area contributed by atoms with E-state index in [1.54, 1.807) is 16.6 Å². The Hall–Kier alpha value is -4.04. The first-order valence-corrected chi connectivity index (χ1v) is 12.1. The Morgan fingerprint density at radius 1 is 1.27 bits per heavy atom. The minimum absolute atomic E-state index is 0.00400. The molecule has 1 fully saturated rings. The number of carbonyl (C=O) groups is 2. The summed E-state index contributed by atoms with van der Waals surface area (Å²) in [6.45, 7) is 3.81. The van der Waals surface area contributed by atoms with Gasteiger partial charge in [-0.25, -0.2) is 8.91 Å². The first kappa shape index (κ1) is 26.0. The van der Waals surface area contributed by atoms with E-state index in [2.05, 4.69) is 32.1 Å². The van der Waals surface area contributed by atoms with Crippen LogP contribution in [0.15, 0.2) is 36.7 Å². The first-order valence-electron chi connectivity index (χ1n) is 12.1. The van der Waals surface area contributed by atoms with Gasteiger partial charge in [-0.2, -0.15) is 10.4 Å². The number of aliphatic hydroxyl groups is 1. The second kappa shape index (κ2) is 10.5. The molecular formula is C26H30FN7O3. The lowest BCUT2D eigenvalue weighted by molar-refractivity contribution is -0.119. The lowest BCUT2D eigenvalue weighted by atomic mass is 10.0. The maximum atomic E-state index is 14.3. The largest absolute Gasteiger partial charge is 0.387 e. The Kier molecular flexibility index (Phi) is 7.40. The van der Waals surface area contributed by atoms with Gasteiger partial charge in [0.25, 0.3) is 5.91 Å². The van der Waals surface area contributed by atoms with Crippen molar-refractivity contribution < 1.29 is 19.1 Å². The quantitative estimate of drug-likeness (QED) is 0.367. The minimum Gasteiger partial charge on any atom is -0.387 e. The molecule has 37 heavy (non-hydrogen) atoms. The van der Waals surface area contributed by atoms with Gasteiger partial charge in [0.05, 0.1) is 52.1 Å². The third-order valence-electron chi connectivity index (χ3n) is 6.45. The smallest absolute Gasteiger partial charge is 0.255 e. The van der Waals surface area contributed by atoms with Crippen LogP contribution >= 0.6 is 0 Å². The number of aromatic nitrogens is 3. The Morgan fingerprint density at radius 3 is 2.73 bits per heavy atom. The molecule has 10 nitrogen and oxygen atoms in total. The van der Waals surface area contributed by atoms with Crippen LogP contribution < -0.4 is 16.0 Å². The van der Waals surface area contributed by atoms with E-state index in [9.17, 15) is 19.1 Å². The van der Waals surface area contributed by atoms with Gasteiger partial charge in [0.15, 0.2) is 0 Å². The van der Waals surface area contributed by atoms with Gasteiger partial charge in [-0.05, 0) is 57.4 Å². The third-order valence-corrected chi connectivity index (χ3v) is 6.45. The highest BCUT2D eigenvalue weighted by molar-refractivity contribution is 6.00. The second-order valence-electron chi connectivity index (χ2n) is 9.91. The van der Waals surface area contributed by atoms with Gasteiger partial charge in [-0.1, -0.05) is 0 Å². The van der Waals surface area contributed by atoms with E-state index in [4.69, 9.17) is 5.26 Å². The standard InChI is InChI=1S/C26H30FN7O3/c1-15(35)32-17-4-5-18(9-17)33-21-10-22(23-7-6-19-8-16(11-28)12-31-34(19)23)29-13-20(21)25(36)30-14-24(27)26(2,3)37/h6-8,10,12-13,17-18,24,37H,4-5,9,14H2,1-3H3,(H,29,33)(H,30,36)(H,32,35)/t17-,18+,24?/m1/s1. The molecule has 2 amide bonds. The Morgan fingerprint density at radius 2 is 2.03 bits per heavy atom. The van der Waals surface area contributed by atoms with Gasteiger partial charge in [0.2, 0.25) is 5.91 Å². The van der Waals surface area contributed by atoms with Crippen LogP contribution in [-0.4, -0.2) is 61.9 Å². The monoisotopic (exact) mass is 507 g/mol. The van der Waals surface area contributed by atoms with E-state index in [1.807, 2.05) is 12.1 Å². The topological polar surface area (TPSA) is 144 Å². The summed E-state index contributed by atoms with van der Waals surface area (Å²) in [4.78, 5) is 29.0. The molecule has 0 saturated heterocycles. The zero-order valence-electron chi connectivity index (χ0n) is 21.0. The Balaban J connectivity index is 1.63. The Labute approximate surface area is 213 Å². The third kappa shape index (κ3) is 6.03. The van der Waals surface area contributed by atoms with Crippen LogP contribution in [0.1, 0.15) is 56.0 Å². The van der Waals surface area contributed by atoms with Gasteiger partial charge in [-0.15, -0.1) is 0 Å². The van der Waals surface area contributed by atoms with E-state index in [1.165, 1.54) is 33.2 Å². The number of hydrogen-bond acceptors (Lipinski definition) is 7. The molecule has 3 aromatic heterocycles. The number of fused-ring (bicyclic) bond motifs is 1. The molecule has 0 radical (unpaired) electrons. The number of nitrogens with one attached hydrogen (secondary N) is 3. The zero-order chi connectivity index (χ0) is 26.7. The summed E-state index contributed by atoms with van der Waals surface area (Å²) < 4.78 is 15.9. The summed E-state index contributed by atoms with van der Waals surface area (Å²) in [5.41, 5.74) is 1.53. The second-order valence-corrected chi connectivity index (χ2v) is 9.91. The van der Waals surface area contributed by atoms with Crippen molar-refractivity contribution in [1.29, 1.82) is 5.26 Å². The highest BCUT2D eigenvalue weighted by Gasteiger charge is 2.29. The molecule has 1 saturated carbocycles. The molecule has 11 heteroatoms. The molecule has 0 aromatic carbocycles. The number of nitriles is 1. The molecule has 194 valence electrons. The molecule has 1 aliphatic carbocycles. The Bertz CT molecular complexity index is 1360. The van der Waals surface area contributed by atoms with Crippen molar-refractivity contribution in [3.05, 3.63) is 47.8 Å². The van der Waals surface area contributed by atoms with E-state index in [0.717, 1.165) is 18.4 Å². The van der Waals surface area contributed by atoms with Crippen molar-refractivity contribution in [1.82, 2.24) is 25.2 Å². The van der Waals surface area contributed by atoms with E-state index >= 15 is 0 Å². The maximum absolute atomic E-state index is 14.3. The predicted octanol–water partition coefficient (Wildman–Crippen LogP) is 2.58. The van der Waals surface area contributed by atoms with Crippen LogP contribution in [0, 0.1) is 11.3 Å². The number of pyridine rings is 1. The number of halogens is 1. The summed E-state index contributed by atoms with van der Waals surface area (Å²) in [5.74, 6) is -0.613. The van der Waals surface area contributed by atoms with Crippen molar-refractivity contribution in [2.45, 2.75) is 63.9 Å². The molecule has 4 N–H and O–H groups in total. The number of anilines is 1. The molecule has 4 rings (SSSR count). The summed E-state index contributed by atoms with van der Waals surface area (Å²) in [7, 11) is 0. The molecule has 3 aromatic rings. The fourth-order valence-electron chi connectivity index (χ4n) is 4.43. The van der Waals surface area contributed by atoms with Crippen molar-refractivity contribution in [2.75, 3.05) is 11.9 Å². The van der Waals surface area contributed by atoms with Crippen molar-refractivity contribution in [3.8, 4) is 17.5 Å². The summed E-state index contributed by atoms with van der Waals surface area (Å²) in [5, 5.41) is 32.2. The molecule has 1 aliphatic rings. The fraction of sp³-hybridized carbons (Fsp3) is 0.423. The maximum Gasteiger partial charge on any atom is 0.255 e. The van der Waals surface area contributed by atoms with E-state index in [-0.39, 0.29) is 30.1 Å². The fourth-order valence-corrected chi connectivity index (χ4v) is 4.43. The lowest BCUT2D eigenvalue weighted by Gasteiger charge is -2.23. The highest BCUT2D eigenvalue weighted by atomic mass is 19.1. The van der Waals surface area contributed by atoms with Gasteiger partial charge in [-0.3, -0.25) is 14.6 Å². The molecule has 3 atom stereocenters. The van der Waals surface area contributed by atoms with Crippen LogP contribution in [0.2, 0.25) is 0 Å². The van der Waals surface area contributed by atoms with Crippen molar-refractivity contribution >= 4 is 23.0 Å². The number of alkyl halides is 1. The van der Waals surface area contributed by atoms with Crippen LogP contribution in [0.5, 0.6) is 0 Å². The summed E-state index contributed by atoms with van der Waals surface area (Å²) in [6, 6.07) is 9.22. The van der Waals surface area contributed by atoms with Crippen LogP contribution in [0.4, 0.5) is 10.1 Å². The number of carbonyl (C=O) groups excluding carboxylic acids is 2. The summed E-state index contributed by atoms with van der Waals surface area (Å²) >= 11 is 0. The normalized spacial score (nSPS) is 18.3. The van der Waals surface area contributed by atoms with Gasteiger partial charge < -0.3 is 21.1 Å². The first-order chi connectivity index (χ1) is 17.5. The van der Waals surface area contributed by atoms with E-state index in [0.29, 0.717) is 29.1 Å². The van der Waals surface area contributed by atoms with Crippen molar-refractivity contribution in [2.24, 2.45) is 0 Å². The number of rotatable bonds is 8. The highest BCUT2D eigenvalue weighted by Crippen LogP contribution is 2.29. The summed E-state index contributed by atoms with van der Waals surface area (Å²) in [6.07, 6.45) is 3.53. The molecule has 3 heterocycles. The number of amides is 2. The van der Waals surface area contributed by atoms with Gasteiger partial charge in [0.1, 0.15) is 12.2 Å². The molecular weight excluding hydrogens is 477 g/mol. The van der Waals surface area contributed by atoms with E-state index < -0.39 is 17.7 Å². The van der Waals surface area contributed by atoms with Gasteiger partial charge >= 0.3 is 0 Å². The van der Waals surface area contributed by atoms with Crippen LogP contribution in [0.25, 0.3) is 16.9 Å². The van der Waals surface area contributed by atoms with Gasteiger partial charge in [0, 0.05) is 25.2 Å². The number of hydrogen-bond donors (Lipinski definition) is 4. The predicted molar refractivity (Wildman–Crippen MR) is 136 cm³/mol. The average Bonchev–Trinajstić information content (AvgIpc) is 3.47.